The maximum Gasteiger partial charge on any atom is 0.345 e. The minimum absolute atomic E-state index is 0.181. The van der Waals surface area contributed by atoms with E-state index in [0.717, 1.165) is 6.08 Å². The number of aliphatic carboxylic acids is 1. The van der Waals surface area contributed by atoms with Crippen molar-refractivity contribution in [1.29, 1.82) is 0 Å². The predicted octanol–water partition coefficient (Wildman–Crippen LogP) is 3.16. The minimum Gasteiger partial charge on any atom is -0.504 e. The number of phenolic OH excluding ortho intramolecular Hbond substituents is 5. The van der Waals surface area contributed by atoms with Gasteiger partial charge in [0.2, 0.25) is 6.10 Å². The zero-order valence-electron chi connectivity index (χ0n) is 18.5. The van der Waals surface area contributed by atoms with Crippen molar-refractivity contribution in [3.05, 3.63) is 77.9 Å². The van der Waals surface area contributed by atoms with Crippen LogP contribution in [0.2, 0.25) is 0 Å². The number of rotatable bonds is 7. The molecule has 0 fully saturated rings. The third kappa shape index (κ3) is 8.21. The predicted molar refractivity (Wildman–Crippen MR) is 124 cm³/mol. The third-order valence-corrected chi connectivity index (χ3v) is 4.49. The van der Waals surface area contributed by atoms with Crippen LogP contribution in [-0.2, 0) is 20.7 Å². The second kappa shape index (κ2) is 12.4. The average Bonchev–Trinajstić information content (AvgIpc) is 2.82. The topological polar surface area (TPSA) is 174 Å². The molecule has 1 atom stereocenters. The maximum absolute atomic E-state index is 11.8. The Kier molecular flexibility index (Phi) is 9.35. The van der Waals surface area contributed by atoms with Gasteiger partial charge in [-0.3, -0.25) is 0 Å². The smallest absolute Gasteiger partial charge is 0.345 e. The van der Waals surface area contributed by atoms with Gasteiger partial charge in [0.05, 0.1) is 7.11 Å². The van der Waals surface area contributed by atoms with E-state index in [9.17, 15) is 35.1 Å². The van der Waals surface area contributed by atoms with Crippen molar-refractivity contribution < 1.29 is 49.7 Å². The maximum atomic E-state index is 11.8. The highest BCUT2D eigenvalue weighted by Gasteiger charge is 2.22. The van der Waals surface area contributed by atoms with Crippen molar-refractivity contribution >= 4 is 18.0 Å². The molecule has 0 aromatic heterocycles. The number of carbonyl (C=O) groups is 2. The molecule has 0 saturated heterocycles. The van der Waals surface area contributed by atoms with Crippen LogP contribution >= 0.6 is 0 Å². The number of benzene rings is 3. The number of hydrogen-bond donors (Lipinski definition) is 6. The number of ether oxygens (including phenoxy) is 2. The Labute approximate surface area is 200 Å². The first-order valence-corrected chi connectivity index (χ1v) is 10.1. The van der Waals surface area contributed by atoms with Gasteiger partial charge in [-0.2, -0.15) is 0 Å². The molecule has 1 unspecified atom stereocenters. The van der Waals surface area contributed by atoms with Crippen LogP contribution in [-0.4, -0.2) is 55.8 Å². The summed E-state index contributed by atoms with van der Waals surface area (Å²) in [5, 5.41) is 55.4. The normalized spacial score (nSPS) is 11.2. The lowest BCUT2D eigenvalue weighted by molar-refractivity contribution is -0.160. The van der Waals surface area contributed by atoms with Crippen LogP contribution in [0.5, 0.6) is 34.5 Å². The van der Waals surface area contributed by atoms with Gasteiger partial charge >= 0.3 is 11.9 Å². The molecule has 0 radical (unpaired) electrons. The van der Waals surface area contributed by atoms with E-state index in [1.807, 2.05) is 0 Å². The quantitative estimate of drug-likeness (QED) is 0.166. The Balaban J connectivity index is 0.000000402. The SMILES string of the molecule is COc1ccccc1O.O=C(/C=C/c1ccc(O)c(O)c1)OC(Cc1ccc(O)c(O)c1)C(=O)O. The van der Waals surface area contributed by atoms with Crippen LogP contribution in [0.1, 0.15) is 11.1 Å². The Morgan fingerprint density at radius 2 is 1.46 bits per heavy atom. The standard InChI is InChI=1S/C18H16O8.C7H8O2/c19-12-4-1-10(7-14(12)21)3-6-17(23)26-16(18(24)25)9-11-2-5-13(20)15(22)8-11;1-9-7-5-3-2-4-6(7)8/h1-8,16,19-22H,9H2,(H,24,25);2-5,8H,1H3/b6-3+;. The van der Waals surface area contributed by atoms with Gasteiger partial charge in [0, 0.05) is 12.5 Å². The Morgan fingerprint density at radius 3 is 2.00 bits per heavy atom. The molecule has 6 N–H and O–H groups in total. The number of para-hydroxylation sites is 2. The number of aromatic hydroxyl groups is 5. The van der Waals surface area contributed by atoms with Gasteiger partial charge in [0.1, 0.15) is 0 Å². The van der Waals surface area contributed by atoms with Gasteiger partial charge in [-0.15, -0.1) is 0 Å². The van der Waals surface area contributed by atoms with Gasteiger partial charge in [-0.25, -0.2) is 9.59 Å². The lowest BCUT2D eigenvalue weighted by Crippen LogP contribution is -2.28. The Morgan fingerprint density at radius 1 is 0.829 bits per heavy atom. The summed E-state index contributed by atoms with van der Waals surface area (Å²) >= 11 is 0. The van der Waals surface area contributed by atoms with E-state index in [1.54, 1.807) is 24.3 Å². The molecule has 10 heteroatoms. The number of methoxy groups -OCH3 is 1. The molecule has 3 aromatic carbocycles. The van der Waals surface area contributed by atoms with Crippen molar-refractivity contribution in [2.45, 2.75) is 12.5 Å². The molecule has 0 spiro atoms. The monoisotopic (exact) mass is 484 g/mol. The van der Waals surface area contributed by atoms with Crippen LogP contribution in [0.4, 0.5) is 0 Å². The van der Waals surface area contributed by atoms with Crippen LogP contribution in [0.15, 0.2) is 66.7 Å². The molecule has 3 rings (SSSR count). The van der Waals surface area contributed by atoms with E-state index < -0.39 is 23.8 Å². The minimum atomic E-state index is -1.50. The number of carboxylic acid groups (broad SMARTS) is 1. The molecule has 0 bridgehead atoms. The number of carboxylic acids is 1. The molecular formula is C25H24O10. The number of carbonyl (C=O) groups excluding carboxylic acids is 1. The van der Waals surface area contributed by atoms with Gasteiger partial charge in [-0.1, -0.05) is 24.3 Å². The van der Waals surface area contributed by atoms with Crippen molar-refractivity contribution in [3.8, 4) is 34.5 Å². The summed E-state index contributed by atoms with van der Waals surface area (Å²) in [4.78, 5) is 23.1. The van der Waals surface area contributed by atoms with E-state index >= 15 is 0 Å². The highest BCUT2D eigenvalue weighted by atomic mass is 16.6. The Bertz CT molecular complexity index is 1200. The lowest BCUT2D eigenvalue weighted by Gasteiger charge is -2.13. The lowest BCUT2D eigenvalue weighted by atomic mass is 10.1. The van der Waals surface area contributed by atoms with Gasteiger partial charge in [0.15, 0.2) is 34.5 Å². The molecule has 184 valence electrons. The van der Waals surface area contributed by atoms with Gasteiger partial charge in [-0.05, 0) is 53.6 Å². The molecular weight excluding hydrogens is 460 g/mol. The summed E-state index contributed by atoms with van der Waals surface area (Å²) in [5.41, 5.74) is 0.750. The molecule has 0 amide bonds. The number of hydrogen-bond acceptors (Lipinski definition) is 9. The molecule has 0 aliphatic carbocycles. The van der Waals surface area contributed by atoms with Crippen LogP contribution < -0.4 is 4.74 Å². The number of esters is 1. The highest BCUT2D eigenvalue weighted by Crippen LogP contribution is 2.27. The van der Waals surface area contributed by atoms with Gasteiger partial charge in [0.25, 0.3) is 0 Å². The summed E-state index contributed by atoms with van der Waals surface area (Å²) in [7, 11) is 1.52. The molecule has 0 aliphatic rings. The summed E-state index contributed by atoms with van der Waals surface area (Å²) < 4.78 is 9.68. The fourth-order valence-electron chi connectivity index (χ4n) is 2.71. The molecule has 0 saturated carbocycles. The highest BCUT2D eigenvalue weighted by molar-refractivity contribution is 5.89. The van der Waals surface area contributed by atoms with Crippen molar-refractivity contribution in [3.63, 3.8) is 0 Å². The fraction of sp³-hybridized carbons (Fsp3) is 0.120. The summed E-state index contributed by atoms with van der Waals surface area (Å²) in [5.74, 6) is -3.04. The number of phenols is 5. The summed E-state index contributed by atoms with van der Waals surface area (Å²) in [6.45, 7) is 0. The zero-order valence-corrected chi connectivity index (χ0v) is 18.5. The zero-order chi connectivity index (χ0) is 26.0. The van der Waals surface area contributed by atoms with Crippen LogP contribution in [0.25, 0.3) is 6.08 Å². The average molecular weight is 484 g/mol. The second-order valence-corrected chi connectivity index (χ2v) is 7.04. The molecule has 35 heavy (non-hydrogen) atoms. The first-order valence-electron chi connectivity index (χ1n) is 10.1. The van der Waals surface area contributed by atoms with E-state index in [1.165, 1.54) is 49.6 Å². The van der Waals surface area contributed by atoms with E-state index in [4.69, 9.17) is 14.6 Å². The van der Waals surface area contributed by atoms with Crippen LogP contribution in [0.3, 0.4) is 0 Å². The Hall–Kier alpha value is -4.86. The van der Waals surface area contributed by atoms with Crippen molar-refractivity contribution in [1.82, 2.24) is 0 Å². The molecule has 0 aliphatic heterocycles. The third-order valence-electron chi connectivity index (χ3n) is 4.49. The largest absolute Gasteiger partial charge is 0.504 e. The van der Waals surface area contributed by atoms with Gasteiger partial charge < -0.3 is 40.1 Å². The first kappa shape index (κ1) is 26.4. The fourth-order valence-corrected chi connectivity index (χ4v) is 2.71. The second-order valence-electron chi connectivity index (χ2n) is 7.04. The molecule has 3 aromatic rings. The van der Waals surface area contributed by atoms with E-state index in [-0.39, 0.29) is 29.4 Å². The first-order chi connectivity index (χ1) is 16.6. The summed E-state index contributed by atoms with van der Waals surface area (Å²) in [6, 6.07) is 14.5. The molecule has 0 heterocycles. The summed E-state index contributed by atoms with van der Waals surface area (Å²) in [6.07, 6.45) is 0.565. The van der Waals surface area contributed by atoms with Crippen molar-refractivity contribution in [2.24, 2.45) is 0 Å². The van der Waals surface area contributed by atoms with Crippen LogP contribution in [0, 0.1) is 0 Å². The van der Waals surface area contributed by atoms with E-state index in [0.29, 0.717) is 16.9 Å². The van der Waals surface area contributed by atoms with Crippen molar-refractivity contribution in [2.75, 3.05) is 7.11 Å². The van der Waals surface area contributed by atoms with E-state index in [2.05, 4.69) is 0 Å². The molecule has 10 nitrogen and oxygen atoms in total.